The molecule has 1 saturated carbocycles. The first kappa shape index (κ1) is 28.3. The van der Waals surface area contributed by atoms with Crippen LogP contribution in [0.2, 0.25) is 0 Å². The minimum atomic E-state index is -0.993. The van der Waals surface area contributed by atoms with E-state index in [-0.39, 0.29) is 35.4 Å². The minimum Gasteiger partial charge on any atom is -0.478 e. The Balaban J connectivity index is 2.23. The maximum atomic E-state index is 13.7. The molecular weight excluding hydrogens is 430 g/mol. The number of hydrogen-bond acceptors (Lipinski definition) is 4. The summed E-state index contributed by atoms with van der Waals surface area (Å²) in [6.45, 7) is 12.3. The highest BCUT2D eigenvalue weighted by atomic mass is 16.4. The van der Waals surface area contributed by atoms with E-state index in [9.17, 15) is 19.5 Å². The summed E-state index contributed by atoms with van der Waals surface area (Å²) in [7, 11) is 1.71. The normalized spacial score (nSPS) is 22.8. The number of hydrogen-bond donors (Lipinski definition) is 2. The van der Waals surface area contributed by atoms with Crippen molar-refractivity contribution in [1.29, 1.82) is 0 Å². The fourth-order valence-electron chi connectivity index (χ4n) is 5.40. The number of aliphatic carboxylic acids is 1. The molecule has 2 rings (SSSR count). The Morgan fingerprint density at radius 2 is 1.62 bits per heavy atom. The Morgan fingerprint density at radius 3 is 2.15 bits per heavy atom. The molecule has 2 N–H and O–H groups in total. The van der Waals surface area contributed by atoms with Crippen LogP contribution in [0.5, 0.6) is 0 Å². The monoisotopic (exact) mass is 477 g/mol. The summed E-state index contributed by atoms with van der Waals surface area (Å²) in [6, 6.07) is -0.792. The smallest absolute Gasteiger partial charge is 0.331 e. The van der Waals surface area contributed by atoms with Gasteiger partial charge in [0.05, 0.1) is 12.1 Å². The van der Waals surface area contributed by atoms with E-state index in [0.29, 0.717) is 6.04 Å². The number of piperidine rings is 1. The molecule has 1 aliphatic heterocycles. The van der Waals surface area contributed by atoms with Crippen molar-refractivity contribution < 1.29 is 19.5 Å². The maximum Gasteiger partial charge on any atom is 0.331 e. The first-order chi connectivity index (χ1) is 15.8. The largest absolute Gasteiger partial charge is 0.478 e. The van der Waals surface area contributed by atoms with Crippen molar-refractivity contribution in [3.05, 3.63) is 11.6 Å². The molecule has 7 nitrogen and oxygen atoms in total. The van der Waals surface area contributed by atoms with Crippen LogP contribution in [-0.4, -0.2) is 70.4 Å². The van der Waals surface area contributed by atoms with E-state index < -0.39 is 17.4 Å². The van der Waals surface area contributed by atoms with Gasteiger partial charge in [-0.15, -0.1) is 0 Å². The number of likely N-dealkylation sites (tertiary alicyclic amines) is 1. The first-order valence-electron chi connectivity index (χ1n) is 13.1. The lowest BCUT2D eigenvalue weighted by molar-refractivity contribution is -0.142. The number of rotatable bonds is 8. The van der Waals surface area contributed by atoms with Crippen molar-refractivity contribution in [3.8, 4) is 0 Å². The summed E-state index contributed by atoms with van der Waals surface area (Å²) in [5, 5.41) is 12.5. The van der Waals surface area contributed by atoms with Gasteiger partial charge in [-0.1, -0.05) is 66.4 Å². The number of carboxylic acid groups (broad SMARTS) is 1. The van der Waals surface area contributed by atoms with E-state index in [4.69, 9.17) is 0 Å². The average molecular weight is 478 g/mol. The summed E-state index contributed by atoms with van der Waals surface area (Å²) in [6.07, 6.45) is 10.7. The second-order valence-electron chi connectivity index (χ2n) is 11.7. The second kappa shape index (κ2) is 12.2. The van der Waals surface area contributed by atoms with Crippen LogP contribution in [0.1, 0.15) is 92.9 Å². The SMILES string of the molecule is C/C(=C\[C@H](C(C)C)N(C)C(=O)[C@@H](NC(=O)[C@H]1CCCCN1C1CCCCC1)C(C)(C)C)C(=O)O. The van der Waals surface area contributed by atoms with Crippen molar-refractivity contribution in [2.24, 2.45) is 11.3 Å². The van der Waals surface area contributed by atoms with Gasteiger partial charge in [-0.3, -0.25) is 14.5 Å². The van der Waals surface area contributed by atoms with Crippen molar-refractivity contribution in [2.45, 2.75) is 117 Å². The molecule has 0 unspecified atom stereocenters. The highest BCUT2D eigenvalue weighted by Crippen LogP contribution is 2.30. The molecule has 1 heterocycles. The molecule has 34 heavy (non-hydrogen) atoms. The van der Waals surface area contributed by atoms with E-state index in [2.05, 4.69) is 10.2 Å². The summed E-state index contributed by atoms with van der Waals surface area (Å²) in [5.41, 5.74) is -0.279. The average Bonchev–Trinajstić information content (AvgIpc) is 2.79. The number of likely N-dealkylation sites (N-methyl/N-ethyl adjacent to an activating group) is 1. The van der Waals surface area contributed by atoms with Crippen LogP contribution in [0, 0.1) is 11.3 Å². The maximum absolute atomic E-state index is 13.7. The standard InChI is InChI=1S/C27H47N3O4/c1-18(2)22(17-19(3)26(33)34)29(7)25(32)23(27(4,5)6)28-24(31)21-15-11-12-16-30(21)20-13-9-8-10-14-20/h17-18,20-23H,8-16H2,1-7H3,(H,28,31)(H,33,34)/b19-17+/t21-,22-,23-/m1/s1. The summed E-state index contributed by atoms with van der Waals surface area (Å²) in [4.78, 5) is 42.7. The van der Waals surface area contributed by atoms with E-state index in [1.165, 1.54) is 19.3 Å². The third-order valence-corrected chi connectivity index (χ3v) is 7.53. The van der Waals surface area contributed by atoms with Gasteiger partial charge in [-0.2, -0.15) is 0 Å². The van der Waals surface area contributed by atoms with Crippen molar-refractivity contribution in [3.63, 3.8) is 0 Å². The summed E-state index contributed by atoms with van der Waals surface area (Å²) >= 11 is 0. The number of nitrogens with one attached hydrogen (secondary N) is 1. The van der Waals surface area contributed by atoms with Crippen molar-refractivity contribution in [2.75, 3.05) is 13.6 Å². The van der Waals surface area contributed by atoms with Gasteiger partial charge in [0, 0.05) is 18.7 Å². The predicted molar refractivity (Wildman–Crippen MR) is 135 cm³/mol. The molecule has 0 radical (unpaired) electrons. The number of amides is 2. The minimum absolute atomic E-state index is 0.0275. The van der Waals surface area contributed by atoms with Crippen LogP contribution in [-0.2, 0) is 14.4 Å². The third-order valence-electron chi connectivity index (χ3n) is 7.53. The number of carbonyl (C=O) groups is 3. The summed E-state index contributed by atoms with van der Waals surface area (Å²) < 4.78 is 0. The fourth-order valence-corrected chi connectivity index (χ4v) is 5.40. The van der Waals surface area contributed by atoms with Gasteiger partial charge < -0.3 is 15.3 Å². The van der Waals surface area contributed by atoms with Gasteiger partial charge in [0.2, 0.25) is 11.8 Å². The molecule has 2 fully saturated rings. The molecule has 194 valence electrons. The van der Waals surface area contributed by atoms with Crippen molar-refractivity contribution in [1.82, 2.24) is 15.1 Å². The third kappa shape index (κ3) is 7.30. The highest BCUT2D eigenvalue weighted by molar-refractivity contribution is 5.91. The number of carbonyl (C=O) groups excluding carboxylic acids is 2. The van der Waals surface area contributed by atoms with Gasteiger partial charge in [0.1, 0.15) is 6.04 Å². The molecule has 0 aromatic heterocycles. The topological polar surface area (TPSA) is 90.0 Å². The van der Waals surface area contributed by atoms with Crippen LogP contribution >= 0.6 is 0 Å². The van der Waals surface area contributed by atoms with Crippen LogP contribution < -0.4 is 5.32 Å². The molecule has 3 atom stereocenters. The van der Waals surface area contributed by atoms with Crippen molar-refractivity contribution >= 4 is 17.8 Å². The Bertz CT molecular complexity index is 749. The molecule has 2 amide bonds. The predicted octanol–water partition coefficient (Wildman–Crippen LogP) is 4.22. The van der Waals surface area contributed by atoms with E-state index >= 15 is 0 Å². The Hall–Kier alpha value is -1.89. The highest BCUT2D eigenvalue weighted by Gasteiger charge is 2.40. The summed E-state index contributed by atoms with van der Waals surface area (Å²) in [5.74, 6) is -1.20. The zero-order valence-corrected chi connectivity index (χ0v) is 22.4. The fraction of sp³-hybridized carbons (Fsp3) is 0.815. The lowest BCUT2D eigenvalue weighted by Crippen LogP contribution is -2.61. The zero-order valence-electron chi connectivity index (χ0n) is 22.4. The quantitative estimate of drug-likeness (QED) is 0.511. The lowest BCUT2D eigenvalue weighted by Gasteiger charge is -2.43. The second-order valence-corrected chi connectivity index (χ2v) is 11.7. The van der Waals surface area contributed by atoms with E-state index in [0.717, 1.165) is 38.6 Å². The van der Waals surface area contributed by atoms with Gasteiger partial charge in [0.25, 0.3) is 0 Å². The molecular formula is C27H47N3O4. The molecule has 0 spiro atoms. The Kier molecular flexibility index (Phi) is 10.2. The van der Waals surface area contributed by atoms with Gasteiger partial charge >= 0.3 is 5.97 Å². The van der Waals surface area contributed by atoms with Gasteiger partial charge in [0.15, 0.2) is 0 Å². The molecule has 0 aromatic carbocycles. The molecule has 2 aliphatic rings. The molecule has 7 heteroatoms. The first-order valence-corrected chi connectivity index (χ1v) is 13.1. The van der Waals surface area contributed by atoms with Crippen LogP contribution in [0.15, 0.2) is 11.6 Å². The number of nitrogens with zero attached hydrogens (tertiary/aromatic N) is 2. The Morgan fingerprint density at radius 1 is 1.03 bits per heavy atom. The molecule has 0 aromatic rings. The number of carboxylic acids is 1. The lowest BCUT2D eigenvalue weighted by atomic mass is 9.84. The van der Waals surface area contributed by atoms with Gasteiger partial charge in [-0.25, -0.2) is 4.79 Å². The van der Waals surface area contributed by atoms with Gasteiger partial charge in [-0.05, 0) is 50.5 Å². The Labute approximate surface area is 206 Å². The molecule has 1 saturated heterocycles. The zero-order chi connectivity index (χ0) is 25.6. The van der Waals surface area contributed by atoms with E-state index in [1.807, 2.05) is 34.6 Å². The van der Waals surface area contributed by atoms with Crippen LogP contribution in [0.3, 0.4) is 0 Å². The van der Waals surface area contributed by atoms with Crippen LogP contribution in [0.4, 0.5) is 0 Å². The molecule has 1 aliphatic carbocycles. The molecule has 0 bridgehead atoms. The van der Waals surface area contributed by atoms with Crippen LogP contribution in [0.25, 0.3) is 0 Å². The van der Waals surface area contributed by atoms with E-state index in [1.54, 1.807) is 24.9 Å².